The quantitative estimate of drug-likeness (QED) is 0.783. The van der Waals surface area contributed by atoms with E-state index in [9.17, 15) is 14.7 Å². The van der Waals surface area contributed by atoms with Gasteiger partial charge in [-0.15, -0.1) is 0 Å². The van der Waals surface area contributed by atoms with Crippen LogP contribution in [0.1, 0.15) is 47.5 Å². The second kappa shape index (κ2) is 4.78. The average molecular weight is 257 g/mol. The molecule has 0 aliphatic carbocycles. The van der Waals surface area contributed by atoms with E-state index in [-0.39, 0.29) is 12.6 Å². The summed E-state index contributed by atoms with van der Waals surface area (Å²) < 4.78 is 5.31. The van der Waals surface area contributed by atoms with E-state index >= 15 is 0 Å². The number of rotatable bonds is 1. The maximum absolute atomic E-state index is 12.0. The molecule has 0 aromatic rings. The standard InChI is InChI=1S/C13H23NO4/c1-9-6-7-13(5,10(15)16)8-14(9)11(17)18-12(2,3)4/h9H,6-8H2,1-5H3,(H,15,16). The summed E-state index contributed by atoms with van der Waals surface area (Å²) in [4.78, 5) is 24.8. The molecule has 1 heterocycles. The molecule has 1 fully saturated rings. The van der Waals surface area contributed by atoms with E-state index < -0.39 is 23.1 Å². The van der Waals surface area contributed by atoms with Gasteiger partial charge in [-0.2, -0.15) is 0 Å². The molecular weight excluding hydrogens is 234 g/mol. The van der Waals surface area contributed by atoms with Crippen molar-refractivity contribution in [3.63, 3.8) is 0 Å². The van der Waals surface area contributed by atoms with Gasteiger partial charge >= 0.3 is 12.1 Å². The second-order valence-corrected chi connectivity index (χ2v) is 6.36. The molecule has 0 bridgehead atoms. The number of hydrogen-bond acceptors (Lipinski definition) is 3. The molecular formula is C13H23NO4. The van der Waals surface area contributed by atoms with Gasteiger partial charge in [0.15, 0.2) is 0 Å². The van der Waals surface area contributed by atoms with Crippen molar-refractivity contribution in [2.45, 2.75) is 59.1 Å². The summed E-state index contributed by atoms with van der Waals surface area (Å²) in [7, 11) is 0. The third kappa shape index (κ3) is 3.37. The van der Waals surface area contributed by atoms with E-state index in [0.29, 0.717) is 12.8 Å². The van der Waals surface area contributed by atoms with Crippen LogP contribution in [0.3, 0.4) is 0 Å². The number of aliphatic carboxylic acids is 1. The summed E-state index contributed by atoms with van der Waals surface area (Å²) in [5.41, 5.74) is -1.43. The summed E-state index contributed by atoms with van der Waals surface area (Å²) in [6.07, 6.45) is 0.840. The van der Waals surface area contributed by atoms with E-state index in [1.165, 1.54) is 4.90 Å². The molecule has 1 aliphatic heterocycles. The Bertz CT molecular complexity index is 347. The zero-order valence-corrected chi connectivity index (χ0v) is 11.8. The Morgan fingerprint density at radius 1 is 1.39 bits per heavy atom. The lowest BCUT2D eigenvalue weighted by atomic mass is 9.80. The van der Waals surface area contributed by atoms with Gasteiger partial charge in [0.05, 0.1) is 5.41 Å². The van der Waals surface area contributed by atoms with Crippen LogP contribution < -0.4 is 0 Å². The zero-order valence-electron chi connectivity index (χ0n) is 11.8. The molecule has 5 heteroatoms. The SMILES string of the molecule is CC1CCC(C)(C(=O)O)CN1C(=O)OC(C)(C)C. The lowest BCUT2D eigenvalue weighted by Gasteiger charge is -2.42. The van der Waals surface area contributed by atoms with E-state index in [2.05, 4.69) is 0 Å². The third-order valence-corrected chi connectivity index (χ3v) is 3.31. The largest absolute Gasteiger partial charge is 0.481 e. The van der Waals surface area contributed by atoms with Crippen LogP contribution in [-0.2, 0) is 9.53 Å². The summed E-state index contributed by atoms with van der Waals surface area (Å²) in [5, 5.41) is 9.24. The number of hydrogen-bond donors (Lipinski definition) is 1. The Morgan fingerprint density at radius 3 is 2.39 bits per heavy atom. The summed E-state index contributed by atoms with van der Waals surface area (Å²) in [6, 6.07) is 0.0206. The van der Waals surface area contributed by atoms with Crippen LogP contribution in [0.5, 0.6) is 0 Å². The fourth-order valence-electron chi connectivity index (χ4n) is 2.03. The molecule has 0 aromatic carbocycles. The first-order chi connectivity index (χ1) is 8.05. The van der Waals surface area contributed by atoms with Crippen molar-refractivity contribution >= 4 is 12.1 Å². The number of carbonyl (C=O) groups is 2. The number of carboxylic acids is 1. The number of carbonyl (C=O) groups excluding carboxylic acids is 1. The molecule has 2 unspecified atom stereocenters. The lowest BCUT2D eigenvalue weighted by Crippen LogP contribution is -2.53. The molecule has 1 amide bonds. The Hall–Kier alpha value is -1.26. The molecule has 5 nitrogen and oxygen atoms in total. The van der Waals surface area contributed by atoms with Crippen LogP contribution in [0.25, 0.3) is 0 Å². The first-order valence-electron chi connectivity index (χ1n) is 6.28. The maximum Gasteiger partial charge on any atom is 0.410 e. The smallest absolute Gasteiger partial charge is 0.410 e. The highest BCUT2D eigenvalue weighted by Gasteiger charge is 2.43. The van der Waals surface area contributed by atoms with Crippen LogP contribution in [-0.4, -0.2) is 40.3 Å². The van der Waals surface area contributed by atoms with Crippen molar-refractivity contribution in [2.75, 3.05) is 6.54 Å². The fourth-order valence-corrected chi connectivity index (χ4v) is 2.03. The molecule has 1 saturated heterocycles. The van der Waals surface area contributed by atoms with Gasteiger partial charge in [0, 0.05) is 12.6 Å². The minimum atomic E-state index is -0.872. The first-order valence-corrected chi connectivity index (χ1v) is 6.28. The molecule has 2 atom stereocenters. The highest BCUT2D eigenvalue weighted by Crippen LogP contribution is 2.33. The molecule has 0 aromatic heterocycles. The number of nitrogens with zero attached hydrogens (tertiary/aromatic N) is 1. The van der Waals surface area contributed by atoms with Gasteiger partial charge in [-0.25, -0.2) is 4.79 Å². The van der Waals surface area contributed by atoms with Gasteiger partial charge in [-0.1, -0.05) is 0 Å². The normalized spacial score (nSPS) is 28.9. The third-order valence-electron chi connectivity index (χ3n) is 3.31. The van der Waals surface area contributed by atoms with Crippen LogP contribution in [0, 0.1) is 5.41 Å². The maximum atomic E-state index is 12.0. The molecule has 1 N–H and O–H groups in total. The van der Waals surface area contributed by atoms with Crippen molar-refractivity contribution in [3.05, 3.63) is 0 Å². The van der Waals surface area contributed by atoms with E-state index in [1.54, 1.807) is 27.7 Å². The van der Waals surface area contributed by atoms with Gasteiger partial charge in [0.1, 0.15) is 5.60 Å². The van der Waals surface area contributed by atoms with Gasteiger partial charge in [0.2, 0.25) is 0 Å². The Morgan fingerprint density at radius 2 is 1.94 bits per heavy atom. The van der Waals surface area contributed by atoms with E-state index in [4.69, 9.17) is 4.74 Å². The molecule has 18 heavy (non-hydrogen) atoms. The summed E-state index contributed by atoms with van der Waals surface area (Å²) >= 11 is 0. The topological polar surface area (TPSA) is 66.8 Å². The van der Waals surface area contributed by atoms with Crippen molar-refractivity contribution in [2.24, 2.45) is 5.41 Å². The molecule has 1 rings (SSSR count). The Kier molecular flexibility index (Phi) is 3.93. The van der Waals surface area contributed by atoms with E-state index in [1.807, 2.05) is 6.92 Å². The van der Waals surface area contributed by atoms with Gasteiger partial charge in [0.25, 0.3) is 0 Å². The van der Waals surface area contributed by atoms with Crippen molar-refractivity contribution in [1.82, 2.24) is 4.90 Å². The molecule has 0 spiro atoms. The highest BCUT2D eigenvalue weighted by atomic mass is 16.6. The number of amides is 1. The van der Waals surface area contributed by atoms with Crippen LogP contribution >= 0.6 is 0 Å². The number of likely N-dealkylation sites (tertiary alicyclic amines) is 1. The number of ether oxygens (including phenoxy) is 1. The van der Waals surface area contributed by atoms with Crippen LogP contribution in [0.2, 0.25) is 0 Å². The average Bonchev–Trinajstić information content (AvgIpc) is 2.19. The molecule has 1 aliphatic rings. The van der Waals surface area contributed by atoms with Crippen molar-refractivity contribution in [3.8, 4) is 0 Å². The predicted molar refractivity (Wildman–Crippen MR) is 67.4 cm³/mol. The van der Waals surface area contributed by atoms with Gasteiger partial charge in [-0.05, 0) is 47.5 Å². The Labute approximate surface area is 108 Å². The fraction of sp³-hybridized carbons (Fsp3) is 0.846. The van der Waals surface area contributed by atoms with Gasteiger partial charge in [-0.3, -0.25) is 4.79 Å². The molecule has 0 radical (unpaired) electrons. The number of carboxylic acid groups (broad SMARTS) is 1. The summed E-state index contributed by atoms with van der Waals surface area (Å²) in [6.45, 7) is 9.21. The predicted octanol–water partition coefficient (Wildman–Crippen LogP) is 2.50. The van der Waals surface area contributed by atoms with Crippen LogP contribution in [0.15, 0.2) is 0 Å². The lowest BCUT2D eigenvalue weighted by molar-refractivity contribution is -0.151. The molecule has 0 saturated carbocycles. The minimum absolute atomic E-state index is 0.0206. The van der Waals surface area contributed by atoms with Crippen LogP contribution in [0.4, 0.5) is 4.79 Å². The van der Waals surface area contributed by atoms with Gasteiger partial charge < -0.3 is 14.7 Å². The summed E-state index contributed by atoms with van der Waals surface area (Å²) in [5.74, 6) is -0.858. The molecule has 104 valence electrons. The van der Waals surface area contributed by atoms with Crippen molar-refractivity contribution < 1.29 is 19.4 Å². The van der Waals surface area contributed by atoms with Crippen molar-refractivity contribution in [1.29, 1.82) is 0 Å². The first kappa shape index (κ1) is 14.8. The second-order valence-electron chi connectivity index (χ2n) is 6.36. The zero-order chi connectivity index (χ0) is 14.1. The minimum Gasteiger partial charge on any atom is -0.481 e. The highest BCUT2D eigenvalue weighted by molar-refractivity contribution is 5.76. The Balaban J connectivity index is 2.80. The number of piperidine rings is 1. The monoisotopic (exact) mass is 257 g/mol. The van der Waals surface area contributed by atoms with E-state index in [0.717, 1.165) is 0 Å².